The van der Waals surface area contributed by atoms with E-state index in [2.05, 4.69) is 50.2 Å². The van der Waals surface area contributed by atoms with Crippen LogP contribution in [0.2, 0.25) is 0 Å². The number of unbranched alkanes of at least 4 members (excludes halogenated alkanes) is 4. The minimum Gasteiger partial charge on any atom is -0.344 e. The van der Waals surface area contributed by atoms with Crippen molar-refractivity contribution in [3.8, 4) is 22.3 Å². The van der Waals surface area contributed by atoms with Gasteiger partial charge in [-0.3, -0.25) is 0 Å². The molecule has 2 nitrogen and oxygen atoms in total. The first-order valence-electron chi connectivity index (χ1n) is 13.8. The van der Waals surface area contributed by atoms with Gasteiger partial charge in [-0.05, 0) is 46.7 Å². The van der Waals surface area contributed by atoms with Gasteiger partial charge in [0.05, 0.1) is 13.2 Å². The van der Waals surface area contributed by atoms with Gasteiger partial charge in [0.2, 0.25) is 12.0 Å². The van der Waals surface area contributed by atoms with E-state index in [1.807, 2.05) is 42.5 Å². The smallest absolute Gasteiger partial charge is 0.227 e. The maximum absolute atomic E-state index is 15.6. The van der Waals surface area contributed by atoms with Gasteiger partial charge < -0.3 is 9.47 Å². The molecule has 0 radical (unpaired) electrons. The molecular weight excluding hydrogens is 478 g/mol. The van der Waals surface area contributed by atoms with Gasteiger partial charge in [0, 0.05) is 5.57 Å². The molecule has 3 aromatic rings. The van der Waals surface area contributed by atoms with Gasteiger partial charge in [0.1, 0.15) is 5.83 Å². The highest BCUT2D eigenvalue weighted by Crippen LogP contribution is 2.39. The fraction of sp³-hybridized carbons (Fsp3) is 0.353. The molecule has 1 aliphatic rings. The number of hydrogen-bond donors (Lipinski definition) is 0. The number of benzene rings is 3. The molecule has 0 spiro atoms. The Morgan fingerprint density at radius 1 is 0.632 bits per heavy atom. The quantitative estimate of drug-likeness (QED) is 0.166. The molecule has 4 rings (SSSR count). The number of ether oxygens (including phenoxy) is 2. The van der Waals surface area contributed by atoms with E-state index in [0.717, 1.165) is 55.2 Å². The minimum absolute atomic E-state index is 0.230. The van der Waals surface area contributed by atoms with Crippen molar-refractivity contribution in [1.29, 1.82) is 0 Å². The molecule has 0 heterocycles. The highest BCUT2D eigenvalue weighted by atomic mass is 19.2. The SMILES string of the molecule is CCCCCOC1(OCCCCC)C=CC(c2ccc(-c3ccc(-c4ccccc4)cc3)cc2)=C(F)C1F. The maximum atomic E-state index is 15.6. The normalized spacial score (nSPS) is 16.7. The lowest BCUT2D eigenvalue weighted by atomic mass is 9.92. The van der Waals surface area contributed by atoms with Crippen LogP contribution in [-0.2, 0) is 9.47 Å². The molecule has 0 bridgehead atoms. The van der Waals surface area contributed by atoms with Crippen molar-refractivity contribution in [3.63, 3.8) is 0 Å². The highest BCUT2D eigenvalue weighted by molar-refractivity contribution is 5.79. The monoisotopic (exact) mass is 516 g/mol. The Labute approximate surface area is 226 Å². The fourth-order valence-corrected chi connectivity index (χ4v) is 4.69. The van der Waals surface area contributed by atoms with Crippen LogP contribution in [0.1, 0.15) is 57.9 Å². The largest absolute Gasteiger partial charge is 0.344 e. The summed E-state index contributed by atoms with van der Waals surface area (Å²) in [5.41, 5.74) is 5.25. The second kappa shape index (κ2) is 13.6. The molecule has 0 amide bonds. The Morgan fingerprint density at radius 3 is 1.55 bits per heavy atom. The predicted molar refractivity (Wildman–Crippen MR) is 153 cm³/mol. The fourth-order valence-electron chi connectivity index (χ4n) is 4.69. The number of alkyl halides is 1. The highest BCUT2D eigenvalue weighted by Gasteiger charge is 2.45. The molecule has 0 aromatic heterocycles. The van der Waals surface area contributed by atoms with E-state index in [4.69, 9.17) is 9.47 Å². The summed E-state index contributed by atoms with van der Waals surface area (Å²) >= 11 is 0. The van der Waals surface area contributed by atoms with Crippen LogP contribution in [0.15, 0.2) is 96.8 Å². The zero-order valence-corrected chi connectivity index (χ0v) is 22.5. The molecule has 3 aromatic carbocycles. The Balaban J connectivity index is 1.50. The predicted octanol–water partition coefficient (Wildman–Crippen LogP) is 9.72. The number of halogens is 2. The van der Waals surface area contributed by atoms with E-state index >= 15 is 8.78 Å². The molecule has 0 N–H and O–H groups in total. The molecule has 0 aliphatic heterocycles. The summed E-state index contributed by atoms with van der Waals surface area (Å²) in [7, 11) is 0. The second-order valence-electron chi connectivity index (χ2n) is 9.81. The molecule has 0 fully saturated rings. The summed E-state index contributed by atoms with van der Waals surface area (Å²) in [6.07, 6.45) is 6.69. The van der Waals surface area contributed by atoms with Gasteiger partial charge in [-0.15, -0.1) is 0 Å². The van der Waals surface area contributed by atoms with Gasteiger partial charge in [-0.2, -0.15) is 0 Å². The molecular formula is C34H38F2O2. The Bertz CT molecular complexity index is 1190. The van der Waals surface area contributed by atoms with E-state index in [0.29, 0.717) is 18.8 Å². The topological polar surface area (TPSA) is 18.5 Å². The molecule has 4 heteroatoms. The first-order valence-corrected chi connectivity index (χ1v) is 13.8. The average molecular weight is 517 g/mol. The van der Waals surface area contributed by atoms with E-state index < -0.39 is 17.8 Å². The summed E-state index contributed by atoms with van der Waals surface area (Å²) in [6, 6.07) is 26.1. The van der Waals surface area contributed by atoms with Crippen molar-refractivity contribution in [2.75, 3.05) is 13.2 Å². The van der Waals surface area contributed by atoms with Crippen LogP contribution in [-0.4, -0.2) is 25.2 Å². The van der Waals surface area contributed by atoms with Crippen LogP contribution < -0.4 is 0 Å². The molecule has 200 valence electrons. The van der Waals surface area contributed by atoms with Gasteiger partial charge in [-0.25, -0.2) is 8.78 Å². The lowest BCUT2D eigenvalue weighted by Gasteiger charge is -2.36. The molecule has 0 saturated heterocycles. The van der Waals surface area contributed by atoms with Crippen LogP contribution in [0.4, 0.5) is 8.78 Å². The first-order chi connectivity index (χ1) is 18.6. The minimum atomic E-state index is -2.02. The Kier molecular flexibility index (Phi) is 10.0. The number of rotatable bonds is 13. The summed E-state index contributed by atoms with van der Waals surface area (Å²) < 4.78 is 42.9. The van der Waals surface area contributed by atoms with E-state index in [1.165, 1.54) is 5.56 Å². The van der Waals surface area contributed by atoms with Gasteiger partial charge in [-0.1, -0.05) is 124 Å². The van der Waals surface area contributed by atoms with Gasteiger partial charge >= 0.3 is 0 Å². The summed E-state index contributed by atoms with van der Waals surface area (Å²) in [5.74, 6) is -2.56. The molecule has 1 atom stereocenters. The van der Waals surface area contributed by atoms with Gasteiger partial charge in [0.25, 0.3) is 0 Å². The first kappa shape index (κ1) is 27.9. The molecule has 1 aliphatic carbocycles. The van der Waals surface area contributed by atoms with Crippen molar-refractivity contribution in [2.45, 2.75) is 64.3 Å². The summed E-state index contributed by atoms with van der Waals surface area (Å²) in [4.78, 5) is 0. The third kappa shape index (κ3) is 6.67. The summed E-state index contributed by atoms with van der Waals surface area (Å²) in [5, 5.41) is 0. The van der Waals surface area contributed by atoms with Crippen LogP contribution in [0, 0.1) is 0 Å². The van der Waals surface area contributed by atoms with Crippen LogP contribution >= 0.6 is 0 Å². The van der Waals surface area contributed by atoms with E-state index in [-0.39, 0.29) is 5.57 Å². The maximum Gasteiger partial charge on any atom is 0.227 e. The zero-order valence-electron chi connectivity index (χ0n) is 22.5. The molecule has 1 unspecified atom stereocenters. The Hall–Kier alpha value is -3.08. The standard InChI is InChI=1S/C34H38F2O2/c1-3-5-10-24-37-34(38-25-11-6-4-2)23-22-31(32(35)33(34)36)30-20-18-29(19-21-30)28-16-14-27(15-17-28)26-12-8-7-9-13-26/h7-9,12-23,33H,3-6,10-11,24-25H2,1-2H3. The van der Waals surface area contributed by atoms with Crippen molar-refractivity contribution in [3.05, 3.63) is 102 Å². The average Bonchev–Trinajstić information content (AvgIpc) is 2.97. The lowest BCUT2D eigenvalue weighted by Crippen LogP contribution is -2.46. The van der Waals surface area contributed by atoms with Crippen LogP contribution in [0.3, 0.4) is 0 Å². The van der Waals surface area contributed by atoms with Crippen molar-refractivity contribution in [2.24, 2.45) is 0 Å². The van der Waals surface area contributed by atoms with Crippen molar-refractivity contribution in [1.82, 2.24) is 0 Å². The van der Waals surface area contributed by atoms with Crippen LogP contribution in [0.5, 0.6) is 0 Å². The number of allylic oxidation sites excluding steroid dienone is 2. The van der Waals surface area contributed by atoms with Crippen molar-refractivity contribution >= 4 is 5.57 Å². The summed E-state index contributed by atoms with van der Waals surface area (Å²) in [6.45, 7) is 4.84. The molecule has 38 heavy (non-hydrogen) atoms. The van der Waals surface area contributed by atoms with E-state index in [9.17, 15) is 0 Å². The third-order valence-electron chi connectivity index (χ3n) is 6.99. The van der Waals surface area contributed by atoms with Crippen LogP contribution in [0.25, 0.3) is 27.8 Å². The third-order valence-corrected chi connectivity index (χ3v) is 6.99. The number of hydrogen-bond acceptors (Lipinski definition) is 2. The lowest BCUT2D eigenvalue weighted by molar-refractivity contribution is -0.234. The zero-order chi connectivity index (χ0) is 26.8. The molecule has 0 saturated carbocycles. The second-order valence-corrected chi connectivity index (χ2v) is 9.81. The van der Waals surface area contributed by atoms with E-state index in [1.54, 1.807) is 12.2 Å². The Morgan fingerprint density at radius 2 is 1.08 bits per heavy atom. The van der Waals surface area contributed by atoms with Crippen molar-refractivity contribution < 1.29 is 18.3 Å². The van der Waals surface area contributed by atoms with Gasteiger partial charge in [0.15, 0.2) is 0 Å².